The van der Waals surface area contributed by atoms with Crippen molar-refractivity contribution in [2.45, 2.75) is 32.1 Å². The number of hydrogen-bond donors (Lipinski definition) is 1. The topological polar surface area (TPSA) is 52.2 Å². The van der Waals surface area contributed by atoms with E-state index in [1.54, 1.807) is 21.3 Å². The summed E-state index contributed by atoms with van der Waals surface area (Å²) in [6.45, 7) is 6.54. The number of rotatable bonds is 12. The third-order valence-electron chi connectivity index (χ3n) is 6.71. The van der Waals surface area contributed by atoms with Gasteiger partial charge in [-0.2, -0.15) is 0 Å². The van der Waals surface area contributed by atoms with E-state index in [-0.39, 0.29) is 0 Å². The average Bonchev–Trinajstić information content (AvgIpc) is 2.89. The molecule has 6 heteroatoms. The molecule has 184 valence electrons. The largest absolute Gasteiger partial charge is 0.497 e. The summed E-state index contributed by atoms with van der Waals surface area (Å²) in [5.41, 5.74) is 0. The summed E-state index contributed by atoms with van der Waals surface area (Å²) in [6.07, 6.45) is 6.03. The molecule has 1 fully saturated rings. The number of nitrogens with zero attached hydrogens (tertiary/aromatic N) is 1. The van der Waals surface area contributed by atoms with Gasteiger partial charge in [-0.1, -0.05) is 19.3 Å². The number of methoxy groups -OCH3 is 3. The molecule has 0 atom stereocenters. The minimum absolute atomic E-state index is 0.679. The highest BCUT2D eigenvalue weighted by atomic mass is 16.5. The SMILES string of the molecule is COc1ccc2c(OCCCCCCCN3CCNCC3)c3c(OC)ccc(OC)c3cc2c1. The van der Waals surface area contributed by atoms with Crippen LogP contribution in [0.1, 0.15) is 32.1 Å². The smallest absolute Gasteiger partial charge is 0.138 e. The maximum absolute atomic E-state index is 6.46. The van der Waals surface area contributed by atoms with E-state index in [0.29, 0.717) is 6.61 Å². The molecule has 1 saturated heterocycles. The Balaban J connectivity index is 1.43. The van der Waals surface area contributed by atoms with Gasteiger partial charge in [0.15, 0.2) is 0 Å². The number of nitrogens with one attached hydrogen (secondary N) is 1. The number of fused-ring (bicyclic) bond motifs is 2. The van der Waals surface area contributed by atoms with E-state index in [0.717, 1.165) is 64.1 Å². The molecule has 0 amide bonds. The first kappa shape index (κ1) is 24.4. The van der Waals surface area contributed by atoms with E-state index in [9.17, 15) is 0 Å². The minimum Gasteiger partial charge on any atom is -0.497 e. The lowest BCUT2D eigenvalue weighted by atomic mass is 10.00. The molecule has 0 aromatic heterocycles. The second-order valence-electron chi connectivity index (χ2n) is 8.89. The molecule has 1 aliphatic rings. The Labute approximate surface area is 203 Å². The van der Waals surface area contributed by atoms with Gasteiger partial charge < -0.3 is 29.2 Å². The number of unbranched alkanes of at least 4 members (excludes halogenated alkanes) is 4. The predicted octanol–water partition coefficient (Wildman–Crippen LogP) is 5.25. The maximum atomic E-state index is 6.46. The molecule has 3 aromatic rings. The van der Waals surface area contributed by atoms with Crippen molar-refractivity contribution >= 4 is 21.5 Å². The molecule has 1 aliphatic heterocycles. The molecule has 34 heavy (non-hydrogen) atoms. The Bertz CT molecular complexity index is 1080. The minimum atomic E-state index is 0.679. The van der Waals surface area contributed by atoms with Gasteiger partial charge in [0.05, 0.1) is 33.3 Å². The number of hydrogen-bond acceptors (Lipinski definition) is 6. The van der Waals surface area contributed by atoms with Gasteiger partial charge in [-0.3, -0.25) is 0 Å². The van der Waals surface area contributed by atoms with Crippen molar-refractivity contribution in [1.82, 2.24) is 10.2 Å². The molecule has 6 nitrogen and oxygen atoms in total. The lowest BCUT2D eigenvalue weighted by Crippen LogP contribution is -2.43. The Morgan fingerprint density at radius 2 is 1.50 bits per heavy atom. The summed E-state index contributed by atoms with van der Waals surface area (Å²) in [5, 5.41) is 7.46. The van der Waals surface area contributed by atoms with Crippen molar-refractivity contribution < 1.29 is 18.9 Å². The molecular formula is C28H38N2O4. The zero-order valence-electron chi connectivity index (χ0n) is 20.8. The molecule has 0 spiro atoms. The summed E-state index contributed by atoms with van der Waals surface area (Å²) in [5.74, 6) is 3.26. The number of benzene rings is 3. The highest BCUT2D eigenvalue weighted by Crippen LogP contribution is 2.44. The average molecular weight is 467 g/mol. The molecule has 3 aromatic carbocycles. The van der Waals surface area contributed by atoms with E-state index in [1.165, 1.54) is 45.3 Å². The molecule has 0 unspecified atom stereocenters. The lowest BCUT2D eigenvalue weighted by Gasteiger charge is -2.27. The van der Waals surface area contributed by atoms with Crippen LogP contribution in [0.3, 0.4) is 0 Å². The molecular weight excluding hydrogens is 428 g/mol. The third kappa shape index (κ3) is 5.68. The predicted molar refractivity (Wildman–Crippen MR) is 139 cm³/mol. The van der Waals surface area contributed by atoms with Gasteiger partial charge in [0.1, 0.15) is 23.0 Å². The first-order valence-corrected chi connectivity index (χ1v) is 12.5. The second kappa shape index (κ2) is 12.1. The van der Waals surface area contributed by atoms with Crippen LogP contribution in [0.5, 0.6) is 23.0 Å². The van der Waals surface area contributed by atoms with Gasteiger partial charge in [-0.25, -0.2) is 0 Å². The standard InChI is InChI=1S/C28H38N2O4/c1-31-22-9-10-23-21(19-22)20-24-25(32-2)11-12-26(33-3)27(24)28(23)34-18-8-6-4-5-7-15-30-16-13-29-14-17-30/h9-12,19-20,29H,4-8,13-18H2,1-3H3. The molecule has 1 heterocycles. The van der Waals surface area contributed by atoms with E-state index < -0.39 is 0 Å². The van der Waals surface area contributed by atoms with Crippen LogP contribution in [-0.4, -0.2) is 65.6 Å². The third-order valence-corrected chi connectivity index (χ3v) is 6.71. The van der Waals surface area contributed by atoms with E-state index in [2.05, 4.69) is 22.3 Å². The van der Waals surface area contributed by atoms with Crippen LogP contribution >= 0.6 is 0 Å². The Morgan fingerprint density at radius 1 is 0.765 bits per heavy atom. The first-order valence-electron chi connectivity index (χ1n) is 12.5. The first-order chi connectivity index (χ1) is 16.7. The van der Waals surface area contributed by atoms with Gasteiger partial charge in [0, 0.05) is 37.0 Å². The van der Waals surface area contributed by atoms with Crippen LogP contribution in [0.15, 0.2) is 36.4 Å². The number of ether oxygens (including phenoxy) is 4. The van der Waals surface area contributed by atoms with Crippen LogP contribution in [-0.2, 0) is 0 Å². The van der Waals surface area contributed by atoms with Crippen molar-refractivity contribution in [3.8, 4) is 23.0 Å². The van der Waals surface area contributed by atoms with Crippen molar-refractivity contribution in [3.63, 3.8) is 0 Å². The van der Waals surface area contributed by atoms with Crippen LogP contribution in [0, 0.1) is 0 Å². The fraction of sp³-hybridized carbons (Fsp3) is 0.500. The molecule has 1 N–H and O–H groups in total. The van der Waals surface area contributed by atoms with E-state index in [1.807, 2.05) is 24.3 Å². The van der Waals surface area contributed by atoms with Crippen molar-refractivity contribution in [2.75, 3.05) is 60.7 Å². The summed E-state index contributed by atoms with van der Waals surface area (Å²) < 4.78 is 23.3. The number of piperazine rings is 1. The van der Waals surface area contributed by atoms with E-state index >= 15 is 0 Å². The van der Waals surface area contributed by atoms with Gasteiger partial charge in [0.25, 0.3) is 0 Å². The van der Waals surface area contributed by atoms with Gasteiger partial charge in [0.2, 0.25) is 0 Å². The van der Waals surface area contributed by atoms with E-state index in [4.69, 9.17) is 18.9 Å². The van der Waals surface area contributed by atoms with Crippen molar-refractivity contribution in [2.24, 2.45) is 0 Å². The highest BCUT2D eigenvalue weighted by molar-refractivity contribution is 6.10. The molecule has 0 aliphatic carbocycles. The van der Waals surface area contributed by atoms with Gasteiger partial charge >= 0.3 is 0 Å². The second-order valence-corrected chi connectivity index (χ2v) is 8.89. The lowest BCUT2D eigenvalue weighted by molar-refractivity contribution is 0.235. The molecule has 4 rings (SSSR count). The molecule has 0 bridgehead atoms. The van der Waals surface area contributed by atoms with Gasteiger partial charge in [-0.05, 0) is 61.2 Å². The van der Waals surface area contributed by atoms with Crippen molar-refractivity contribution in [3.05, 3.63) is 36.4 Å². The highest BCUT2D eigenvalue weighted by Gasteiger charge is 2.17. The Morgan fingerprint density at radius 3 is 2.26 bits per heavy atom. The maximum Gasteiger partial charge on any atom is 0.138 e. The van der Waals surface area contributed by atoms with Crippen molar-refractivity contribution in [1.29, 1.82) is 0 Å². The summed E-state index contributed by atoms with van der Waals surface area (Å²) in [6, 6.07) is 12.1. The summed E-state index contributed by atoms with van der Waals surface area (Å²) >= 11 is 0. The summed E-state index contributed by atoms with van der Waals surface area (Å²) in [4.78, 5) is 2.57. The summed E-state index contributed by atoms with van der Waals surface area (Å²) in [7, 11) is 5.08. The van der Waals surface area contributed by atoms with Crippen LogP contribution in [0.2, 0.25) is 0 Å². The van der Waals surface area contributed by atoms with Crippen LogP contribution < -0.4 is 24.3 Å². The molecule has 0 saturated carbocycles. The fourth-order valence-electron chi connectivity index (χ4n) is 4.82. The Kier molecular flexibility index (Phi) is 8.72. The van der Waals surface area contributed by atoms with Crippen LogP contribution in [0.4, 0.5) is 0 Å². The Hall–Kier alpha value is -2.70. The zero-order chi connectivity index (χ0) is 23.8. The quantitative estimate of drug-likeness (QED) is 0.291. The monoisotopic (exact) mass is 466 g/mol. The van der Waals surface area contributed by atoms with Gasteiger partial charge in [-0.15, -0.1) is 0 Å². The zero-order valence-corrected chi connectivity index (χ0v) is 20.8. The molecule has 0 radical (unpaired) electrons. The van der Waals surface area contributed by atoms with Crippen LogP contribution in [0.25, 0.3) is 21.5 Å². The normalized spacial score (nSPS) is 14.4. The fourth-order valence-corrected chi connectivity index (χ4v) is 4.82.